The van der Waals surface area contributed by atoms with Crippen molar-refractivity contribution < 1.29 is 4.74 Å². The van der Waals surface area contributed by atoms with Gasteiger partial charge >= 0.3 is 0 Å². The van der Waals surface area contributed by atoms with E-state index in [9.17, 15) is 0 Å². The lowest BCUT2D eigenvalue weighted by Crippen LogP contribution is -2.15. The fourth-order valence-corrected chi connectivity index (χ4v) is 1.20. The minimum atomic E-state index is -0.0466. The highest BCUT2D eigenvalue weighted by Crippen LogP contribution is 2.14. The van der Waals surface area contributed by atoms with E-state index in [2.05, 4.69) is 11.8 Å². The van der Waals surface area contributed by atoms with Crippen molar-refractivity contribution in [1.29, 1.82) is 0 Å². The average Bonchev–Trinajstić information content (AvgIpc) is 2.25. The second kappa shape index (κ2) is 6.19. The van der Waals surface area contributed by atoms with E-state index in [1.165, 1.54) is 0 Å². The van der Waals surface area contributed by atoms with Gasteiger partial charge in [-0.2, -0.15) is 0 Å². The van der Waals surface area contributed by atoms with Gasteiger partial charge in [-0.25, -0.2) is 0 Å². The molecule has 2 heteroatoms. The standard InChI is InChI=1S/C14H19NO/c1-4-13(15)9-8-12-6-5-7-14(10-12)16-11(2)3/h5-7,10-11,13H,4,15H2,1-3H3. The van der Waals surface area contributed by atoms with Crippen molar-refractivity contribution in [1.82, 2.24) is 0 Å². The van der Waals surface area contributed by atoms with Gasteiger partial charge in [-0.05, 0) is 38.5 Å². The van der Waals surface area contributed by atoms with E-state index in [1.807, 2.05) is 45.0 Å². The predicted octanol–water partition coefficient (Wildman–Crippen LogP) is 2.56. The van der Waals surface area contributed by atoms with Crippen LogP contribution >= 0.6 is 0 Å². The van der Waals surface area contributed by atoms with Crippen LogP contribution in [0.25, 0.3) is 0 Å². The number of hydrogen-bond donors (Lipinski definition) is 1. The zero-order chi connectivity index (χ0) is 12.0. The maximum atomic E-state index is 5.73. The molecule has 0 aliphatic heterocycles. The largest absolute Gasteiger partial charge is 0.491 e. The Kier molecular flexibility index (Phi) is 4.88. The molecule has 1 atom stereocenters. The van der Waals surface area contributed by atoms with Crippen molar-refractivity contribution in [2.75, 3.05) is 0 Å². The molecule has 0 heterocycles. The average molecular weight is 217 g/mol. The molecule has 0 aromatic heterocycles. The van der Waals surface area contributed by atoms with E-state index < -0.39 is 0 Å². The quantitative estimate of drug-likeness (QED) is 0.790. The molecule has 0 saturated heterocycles. The highest BCUT2D eigenvalue weighted by Gasteiger charge is 1.97. The molecule has 0 amide bonds. The van der Waals surface area contributed by atoms with Gasteiger partial charge in [0.15, 0.2) is 0 Å². The molecule has 1 unspecified atom stereocenters. The molecule has 0 bridgehead atoms. The minimum absolute atomic E-state index is 0.0466. The molecule has 0 fully saturated rings. The number of benzene rings is 1. The number of nitrogens with two attached hydrogens (primary N) is 1. The Labute approximate surface area is 97.8 Å². The molecule has 0 aliphatic rings. The molecule has 86 valence electrons. The van der Waals surface area contributed by atoms with Crippen LogP contribution in [0.4, 0.5) is 0 Å². The molecule has 0 saturated carbocycles. The molecule has 0 spiro atoms. The first-order valence-corrected chi connectivity index (χ1v) is 5.65. The third-order valence-corrected chi connectivity index (χ3v) is 2.05. The first-order chi connectivity index (χ1) is 7.61. The highest BCUT2D eigenvalue weighted by molar-refractivity contribution is 5.40. The molecule has 1 aromatic rings. The van der Waals surface area contributed by atoms with E-state index in [0.717, 1.165) is 17.7 Å². The summed E-state index contributed by atoms with van der Waals surface area (Å²) in [6.45, 7) is 6.04. The lowest BCUT2D eigenvalue weighted by atomic mass is 10.2. The normalized spacial score (nSPS) is 11.8. The van der Waals surface area contributed by atoms with Crippen molar-refractivity contribution in [2.45, 2.75) is 39.3 Å². The summed E-state index contributed by atoms with van der Waals surface area (Å²) in [4.78, 5) is 0. The summed E-state index contributed by atoms with van der Waals surface area (Å²) >= 11 is 0. The summed E-state index contributed by atoms with van der Waals surface area (Å²) in [5.74, 6) is 6.91. The number of ether oxygens (including phenoxy) is 1. The summed E-state index contributed by atoms with van der Waals surface area (Å²) < 4.78 is 5.59. The second-order valence-electron chi connectivity index (χ2n) is 3.98. The lowest BCUT2D eigenvalue weighted by Gasteiger charge is -2.09. The molecule has 2 nitrogen and oxygen atoms in total. The number of hydrogen-bond acceptors (Lipinski definition) is 2. The Morgan fingerprint density at radius 3 is 2.75 bits per heavy atom. The van der Waals surface area contributed by atoms with Crippen LogP contribution in [0.2, 0.25) is 0 Å². The van der Waals surface area contributed by atoms with Gasteiger partial charge in [0, 0.05) is 5.56 Å². The van der Waals surface area contributed by atoms with Crippen LogP contribution in [0.15, 0.2) is 24.3 Å². The molecule has 1 aromatic carbocycles. The zero-order valence-corrected chi connectivity index (χ0v) is 10.2. The SMILES string of the molecule is CCC(N)C#Cc1cccc(OC(C)C)c1. The fraction of sp³-hybridized carbons (Fsp3) is 0.429. The molecule has 16 heavy (non-hydrogen) atoms. The summed E-state index contributed by atoms with van der Waals surface area (Å²) in [5.41, 5.74) is 6.68. The molecular formula is C14H19NO. The second-order valence-corrected chi connectivity index (χ2v) is 3.98. The molecular weight excluding hydrogens is 198 g/mol. The topological polar surface area (TPSA) is 35.2 Å². The molecule has 0 radical (unpaired) electrons. The number of rotatable bonds is 3. The zero-order valence-electron chi connectivity index (χ0n) is 10.2. The van der Waals surface area contributed by atoms with Crippen LogP contribution in [0.1, 0.15) is 32.8 Å². The Morgan fingerprint density at radius 1 is 1.38 bits per heavy atom. The van der Waals surface area contributed by atoms with Gasteiger partial charge in [0.2, 0.25) is 0 Å². The van der Waals surface area contributed by atoms with Crippen LogP contribution in [-0.4, -0.2) is 12.1 Å². The highest BCUT2D eigenvalue weighted by atomic mass is 16.5. The van der Waals surface area contributed by atoms with Crippen molar-refractivity contribution in [3.05, 3.63) is 29.8 Å². The van der Waals surface area contributed by atoms with E-state index in [-0.39, 0.29) is 12.1 Å². The minimum Gasteiger partial charge on any atom is -0.491 e. The summed E-state index contributed by atoms with van der Waals surface area (Å²) in [6.07, 6.45) is 1.05. The lowest BCUT2D eigenvalue weighted by molar-refractivity contribution is 0.242. The first kappa shape index (κ1) is 12.6. The van der Waals surface area contributed by atoms with Crippen molar-refractivity contribution in [2.24, 2.45) is 5.73 Å². The van der Waals surface area contributed by atoms with Gasteiger partial charge in [-0.15, -0.1) is 0 Å². The van der Waals surface area contributed by atoms with Gasteiger partial charge in [0.1, 0.15) is 5.75 Å². The fourth-order valence-electron chi connectivity index (χ4n) is 1.20. The third kappa shape index (κ3) is 4.37. The molecule has 0 aliphatic carbocycles. The third-order valence-electron chi connectivity index (χ3n) is 2.05. The van der Waals surface area contributed by atoms with E-state index in [0.29, 0.717) is 0 Å². The van der Waals surface area contributed by atoms with Crippen LogP contribution < -0.4 is 10.5 Å². The van der Waals surface area contributed by atoms with Gasteiger partial charge in [-0.3, -0.25) is 0 Å². The van der Waals surface area contributed by atoms with Crippen LogP contribution in [0.3, 0.4) is 0 Å². The monoisotopic (exact) mass is 217 g/mol. The Hall–Kier alpha value is -1.46. The van der Waals surface area contributed by atoms with Crippen molar-refractivity contribution in [3.63, 3.8) is 0 Å². The summed E-state index contributed by atoms with van der Waals surface area (Å²) in [7, 11) is 0. The van der Waals surface area contributed by atoms with Crippen LogP contribution in [0, 0.1) is 11.8 Å². The van der Waals surface area contributed by atoms with E-state index in [4.69, 9.17) is 10.5 Å². The van der Waals surface area contributed by atoms with Gasteiger partial charge < -0.3 is 10.5 Å². The smallest absolute Gasteiger partial charge is 0.120 e. The van der Waals surface area contributed by atoms with Gasteiger partial charge in [0.05, 0.1) is 12.1 Å². The Balaban J connectivity index is 2.77. The maximum absolute atomic E-state index is 5.73. The van der Waals surface area contributed by atoms with Crippen molar-refractivity contribution >= 4 is 0 Å². The molecule has 1 rings (SSSR count). The first-order valence-electron chi connectivity index (χ1n) is 5.65. The van der Waals surface area contributed by atoms with E-state index >= 15 is 0 Å². The summed E-state index contributed by atoms with van der Waals surface area (Å²) in [5, 5.41) is 0. The van der Waals surface area contributed by atoms with E-state index in [1.54, 1.807) is 0 Å². The van der Waals surface area contributed by atoms with Gasteiger partial charge in [0.25, 0.3) is 0 Å². The molecule has 2 N–H and O–H groups in total. The summed E-state index contributed by atoms with van der Waals surface area (Å²) in [6, 6.07) is 7.73. The van der Waals surface area contributed by atoms with Crippen LogP contribution in [0.5, 0.6) is 5.75 Å². The van der Waals surface area contributed by atoms with Crippen LogP contribution in [-0.2, 0) is 0 Å². The Bertz CT molecular complexity index is 387. The van der Waals surface area contributed by atoms with Gasteiger partial charge in [-0.1, -0.05) is 24.8 Å². The Morgan fingerprint density at radius 2 is 2.12 bits per heavy atom. The predicted molar refractivity (Wildman–Crippen MR) is 67.4 cm³/mol. The maximum Gasteiger partial charge on any atom is 0.120 e. The van der Waals surface area contributed by atoms with Crippen molar-refractivity contribution in [3.8, 4) is 17.6 Å².